The predicted octanol–water partition coefficient (Wildman–Crippen LogP) is 2.87. The number of benzene rings is 1. The molecule has 2 N–H and O–H groups in total. The molecule has 0 unspecified atom stereocenters. The van der Waals surface area contributed by atoms with Crippen molar-refractivity contribution in [2.75, 3.05) is 43.4 Å². The molecule has 2 aromatic heterocycles. The molecule has 0 radical (unpaired) electrons. The Labute approximate surface area is 158 Å². The summed E-state index contributed by atoms with van der Waals surface area (Å²) < 4.78 is 0. The summed E-state index contributed by atoms with van der Waals surface area (Å²) >= 11 is 0. The Hall–Kier alpha value is -3.19. The summed E-state index contributed by atoms with van der Waals surface area (Å²) in [6, 6.07) is 14.0. The Kier molecular flexibility index (Phi) is 5.11. The molecule has 1 aliphatic rings. The number of hydrogen-bond donors (Lipinski definition) is 2. The van der Waals surface area contributed by atoms with E-state index in [4.69, 9.17) is 4.98 Å². The number of nitrogens with zero attached hydrogens (tertiary/aromatic N) is 5. The molecule has 1 aliphatic heterocycles. The van der Waals surface area contributed by atoms with E-state index in [2.05, 4.69) is 49.5 Å². The van der Waals surface area contributed by atoms with Crippen LogP contribution >= 0.6 is 0 Å². The minimum atomic E-state index is 0.678. The second-order valence-electron chi connectivity index (χ2n) is 6.60. The summed E-state index contributed by atoms with van der Waals surface area (Å²) in [5.74, 6) is 3.16. The fraction of sp³-hybridized carbons (Fsp3) is 0.250. The first kappa shape index (κ1) is 17.2. The van der Waals surface area contributed by atoms with Crippen molar-refractivity contribution in [2.45, 2.75) is 0 Å². The first-order valence-corrected chi connectivity index (χ1v) is 9.08. The number of rotatable bonds is 5. The summed E-state index contributed by atoms with van der Waals surface area (Å²) in [4.78, 5) is 14.0. The molecule has 1 saturated heterocycles. The van der Waals surface area contributed by atoms with E-state index in [1.807, 2.05) is 42.5 Å². The van der Waals surface area contributed by atoms with Crippen LogP contribution in [-0.4, -0.2) is 58.3 Å². The summed E-state index contributed by atoms with van der Waals surface area (Å²) in [6.45, 7) is 3.97. The molecule has 0 bridgehead atoms. The van der Waals surface area contributed by atoms with Gasteiger partial charge in [0, 0.05) is 38.3 Å². The van der Waals surface area contributed by atoms with Crippen LogP contribution in [0.25, 0.3) is 12.2 Å². The van der Waals surface area contributed by atoms with Crippen molar-refractivity contribution in [3.63, 3.8) is 0 Å². The SMILES string of the molecule is CN1CCN(c2cc(Nc3ccn[nH]3)nc(C=Cc3ccccc3)n2)CC1. The summed E-state index contributed by atoms with van der Waals surface area (Å²) in [5.41, 5.74) is 1.12. The molecule has 27 heavy (non-hydrogen) atoms. The minimum absolute atomic E-state index is 0.678. The summed E-state index contributed by atoms with van der Waals surface area (Å²) in [5, 5.41) is 10.2. The molecule has 7 nitrogen and oxygen atoms in total. The van der Waals surface area contributed by atoms with Gasteiger partial charge in [-0.25, -0.2) is 9.97 Å². The monoisotopic (exact) mass is 361 g/mol. The number of likely N-dealkylation sites (N-methyl/N-ethyl adjacent to an activating group) is 1. The Bertz CT molecular complexity index is 882. The van der Waals surface area contributed by atoms with Crippen LogP contribution < -0.4 is 10.2 Å². The van der Waals surface area contributed by atoms with Gasteiger partial charge in [0.2, 0.25) is 0 Å². The second-order valence-corrected chi connectivity index (χ2v) is 6.60. The predicted molar refractivity (Wildman–Crippen MR) is 109 cm³/mol. The molecule has 7 heteroatoms. The number of aromatic nitrogens is 4. The lowest BCUT2D eigenvalue weighted by molar-refractivity contribution is 0.312. The Balaban J connectivity index is 1.62. The number of H-pyrrole nitrogens is 1. The average molecular weight is 361 g/mol. The van der Waals surface area contributed by atoms with Gasteiger partial charge in [0.25, 0.3) is 0 Å². The molecule has 0 amide bonds. The first-order chi connectivity index (χ1) is 13.3. The van der Waals surface area contributed by atoms with E-state index in [1.165, 1.54) is 0 Å². The fourth-order valence-electron chi connectivity index (χ4n) is 2.99. The van der Waals surface area contributed by atoms with Crippen LogP contribution in [0.4, 0.5) is 17.5 Å². The highest BCUT2D eigenvalue weighted by Gasteiger charge is 2.17. The van der Waals surface area contributed by atoms with Gasteiger partial charge < -0.3 is 15.1 Å². The number of aromatic amines is 1. The van der Waals surface area contributed by atoms with Crippen molar-refractivity contribution >= 4 is 29.6 Å². The van der Waals surface area contributed by atoms with Gasteiger partial charge >= 0.3 is 0 Å². The van der Waals surface area contributed by atoms with Gasteiger partial charge in [0.1, 0.15) is 17.5 Å². The Morgan fingerprint density at radius 2 is 1.81 bits per heavy atom. The molecular weight excluding hydrogens is 338 g/mol. The maximum absolute atomic E-state index is 4.77. The van der Waals surface area contributed by atoms with Crippen molar-refractivity contribution in [2.24, 2.45) is 0 Å². The molecule has 1 aromatic carbocycles. The van der Waals surface area contributed by atoms with Crippen LogP contribution in [-0.2, 0) is 0 Å². The molecule has 138 valence electrons. The fourth-order valence-corrected chi connectivity index (χ4v) is 2.99. The topological polar surface area (TPSA) is 73.0 Å². The van der Waals surface area contributed by atoms with Gasteiger partial charge in [-0.1, -0.05) is 36.4 Å². The lowest BCUT2D eigenvalue weighted by atomic mass is 10.2. The average Bonchev–Trinajstić information content (AvgIpc) is 3.21. The normalized spacial score (nSPS) is 15.4. The van der Waals surface area contributed by atoms with Gasteiger partial charge in [-0.3, -0.25) is 5.10 Å². The highest BCUT2D eigenvalue weighted by molar-refractivity contribution is 5.68. The molecule has 1 fully saturated rings. The van der Waals surface area contributed by atoms with Crippen LogP contribution in [0.5, 0.6) is 0 Å². The smallest absolute Gasteiger partial charge is 0.156 e. The van der Waals surface area contributed by atoms with Crippen molar-refractivity contribution in [3.05, 3.63) is 60.0 Å². The maximum atomic E-state index is 4.77. The first-order valence-electron chi connectivity index (χ1n) is 9.08. The third kappa shape index (κ3) is 4.51. The zero-order valence-electron chi connectivity index (χ0n) is 15.3. The zero-order valence-corrected chi connectivity index (χ0v) is 15.3. The molecule has 4 rings (SSSR count). The quantitative estimate of drug-likeness (QED) is 0.728. The van der Waals surface area contributed by atoms with Gasteiger partial charge in [-0.15, -0.1) is 0 Å². The molecule has 0 spiro atoms. The lowest BCUT2D eigenvalue weighted by Gasteiger charge is -2.33. The van der Waals surface area contributed by atoms with Crippen molar-refractivity contribution in [1.82, 2.24) is 25.1 Å². The number of hydrogen-bond acceptors (Lipinski definition) is 6. The minimum Gasteiger partial charge on any atom is -0.354 e. The van der Waals surface area contributed by atoms with E-state index in [-0.39, 0.29) is 0 Å². The molecule has 0 atom stereocenters. The Morgan fingerprint density at radius 3 is 2.56 bits per heavy atom. The van der Waals surface area contributed by atoms with Gasteiger partial charge in [-0.05, 0) is 18.7 Å². The molecule has 0 saturated carbocycles. The maximum Gasteiger partial charge on any atom is 0.156 e. The molecule has 3 aromatic rings. The standard InChI is InChI=1S/C20H23N7/c1-26-11-13-27(14-12-26)20-15-19(23-18-9-10-21-25-18)22-17(24-20)8-7-16-5-3-2-4-6-16/h2-10,15H,11-14H2,1H3,(H2,21,22,23,24,25). The van der Waals surface area contributed by atoms with Crippen LogP contribution in [0.2, 0.25) is 0 Å². The summed E-state index contributed by atoms with van der Waals surface area (Å²) in [7, 11) is 2.15. The van der Waals surface area contributed by atoms with Crippen molar-refractivity contribution in [1.29, 1.82) is 0 Å². The largest absolute Gasteiger partial charge is 0.354 e. The van der Waals surface area contributed by atoms with E-state index < -0.39 is 0 Å². The number of anilines is 3. The third-order valence-corrected chi connectivity index (χ3v) is 4.55. The van der Waals surface area contributed by atoms with Crippen LogP contribution in [0.3, 0.4) is 0 Å². The van der Waals surface area contributed by atoms with E-state index in [1.54, 1.807) is 6.20 Å². The van der Waals surface area contributed by atoms with Crippen LogP contribution in [0, 0.1) is 0 Å². The molecule has 0 aliphatic carbocycles. The van der Waals surface area contributed by atoms with Crippen LogP contribution in [0.1, 0.15) is 11.4 Å². The van der Waals surface area contributed by atoms with Gasteiger partial charge in [-0.2, -0.15) is 5.10 Å². The summed E-state index contributed by atoms with van der Waals surface area (Å²) in [6.07, 6.45) is 5.69. The van der Waals surface area contributed by atoms with Gasteiger partial charge in [0.05, 0.1) is 6.20 Å². The van der Waals surface area contributed by atoms with E-state index >= 15 is 0 Å². The number of piperazine rings is 1. The lowest BCUT2D eigenvalue weighted by Crippen LogP contribution is -2.44. The van der Waals surface area contributed by atoms with Crippen LogP contribution in [0.15, 0.2) is 48.7 Å². The zero-order chi connectivity index (χ0) is 18.5. The number of nitrogens with one attached hydrogen (secondary N) is 2. The molecular formula is C20H23N7. The van der Waals surface area contributed by atoms with E-state index in [9.17, 15) is 0 Å². The van der Waals surface area contributed by atoms with Gasteiger partial charge in [0.15, 0.2) is 5.82 Å². The van der Waals surface area contributed by atoms with Crippen molar-refractivity contribution in [3.8, 4) is 0 Å². The van der Waals surface area contributed by atoms with Crippen molar-refractivity contribution < 1.29 is 0 Å². The second kappa shape index (κ2) is 8.01. The highest BCUT2D eigenvalue weighted by atomic mass is 15.3. The third-order valence-electron chi connectivity index (χ3n) is 4.55. The highest BCUT2D eigenvalue weighted by Crippen LogP contribution is 2.21. The Morgan fingerprint density at radius 1 is 1.00 bits per heavy atom. The van der Waals surface area contributed by atoms with E-state index in [0.29, 0.717) is 5.82 Å². The van der Waals surface area contributed by atoms with E-state index in [0.717, 1.165) is 49.2 Å². The molecule has 3 heterocycles.